The van der Waals surface area contributed by atoms with Gasteiger partial charge in [-0.1, -0.05) is 242 Å². The monoisotopic (exact) mass is 1030 g/mol. The number of esters is 3. The molecular weight excluding hydrogens is 925 g/mol. The Morgan fingerprint density at radius 2 is 0.507 bits per heavy atom. The fraction of sp³-hybridized carbons (Fsp3) is 0.551. The normalized spacial score (nSPS) is 13.4. The van der Waals surface area contributed by atoms with Crippen LogP contribution in [0.25, 0.3) is 0 Å². The summed E-state index contributed by atoms with van der Waals surface area (Å²) in [5.74, 6) is -1.04. The van der Waals surface area contributed by atoms with Crippen LogP contribution in [0.3, 0.4) is 0 Å². The molecule has 6 heteroatoms. The topological polar surface area (TPSA) is 78.9 Å². The summed E-state index contributed by atoms with van der Waals surface area (Å²) in [6.07, 6.45) is 90.8. The molecule has 0 aromatic rings. The fourth-order valence-electron chi connectivity index (χ4n) is 7.39. The smallest absolute Gasteiger partial charge is 0.306 e. The summed E-state index contributed by atoms with van der Waals surface area (Å²) in [6.45, 7) is 6.19. The number of hydrogen-bond donors (Lipinski definition) is 0. The number of unbranched alkanes of at least 4 members (excludes halogenated alkanes) is 12. The van der Waals surface area contributed by atoms with Crippen molar-refractivity contribution in [2.75, 3.05) is 13.2 Å². The van der Waals surface area contributed by atoms with Gasteiger partial charge in [-0.05, 0) is 135 Å². The van der Waals surface area contributed by atoms with Crippen LogP contribution >= 0.6 is 0 Å². The molecule has 0 aromatic heterocycles. The van der Waals surface area contributed by atoms with E-state index >= 15 is 0 Å². The van der Waals surface area contributed by atoms with E-state index in [-0.39, 0.29) is 44.0 Å². The van der Waals surface area contributed by atoms with E-state index in [9.17, 15) is 14.4 Å². The van der Waals surface area contributed by atoms with Crippen LogP contribution in [-0.4, -0.2) is 37.2 Å². The summed E-state index contributed by atoms with van der Waals surface area (Å²) in [5.41, 5.74) is 0. The molecule has 0 bridgehead atoms. The first kappa shape index (κ1) is 69.8. The molecule has 0 rings (SSSR count). The minimum Gasteiger partial charge on any atom is -0.462 e. The Kier molecular flexibility index (Phi) is 57.0. The molecule has 0 saturated carbocycles. The molecule has 0 aliphatic rings. The lowest BCUT2D eigenvalue weighted by atomic mass is 10.1. The minimum atomic E-state index is -0.830. The van der Waals surface area contributed by atoms with Crippen molar-refractivity contribution in [2.24, 2.45) is 0 Å². The Hall–Kier alpha value is -5.23. The van der Waals surface area contributed by atoms with E-state index < -0.39 is 6.10 Å². The molecule has 0 saturated heterocycles. The Bertz CT molecular complexity index is 1750. The highest BCUT2D eigenvalue weighted by molar-refractivity contribution is 5.71. The lowest BCUT2D eigenvalue weighted by Gasteiger charge is -2.18. The van der Waals surface area contributed by atoms with Crippen molar-refractivity contribution >= 4 is 17.9 Å². The summed E-state index contributed by atoms with van der Waals surface area (Å²) in [6, 6.07) is 0. The molecule has 418 valence electrons. The molecule has 6 nitrogen and oxygen atoms in total. The predicted molar refractivity (Wildman–Crippen MR) is 325 cm³/mol. The number of hydrogen-bond acceptors (Lipinski definition) is 6. The van der Waals surface area contributed by atoms with Crippen LogP contribution in [0.2, 0.25) is 0 Å². The second kappa shape index (κ2) is 61.3. The van der Waals surface area contributed by atoms with Crippen molar-refractivity contribution in [3.05, 3.63) is 170 Å². The third kappa shape index (κ3) is 59.5. The summed E-state index contributed by atoms with van der Waals surface area (Å²) < 4.78 is 16.8. The van der Waals surface area contributed by atoms with Gasteiger partial charge in [0.1, 0.15) is 13.2 Å². The SMILES string of the molecule is CC/C=C\C/C=C\C/C=C\C/C=C\C/C=C\C/C=C\C/C=C\CCCCCCCC(=O)OCC(COC(=O)CC/C=C\C/C=C\C/C=C\C/C=C\CC)OC(=O)CCCCCCCCC/C=C\C/C=C\C/C=C\CC. The summed E-state index contributed by atoms with van der Waals surface area (Å²) in [7, 11) is 0. The van der Waals surface area contributed by atoms with Crippen LogP contribution in [0.1, 0.15) is 226 Å². The zero-order valence-corrected chi connectivity index (χ0v) is 47.7. The number of allylic oxidation sites excluding steroid dienone is 28. The van der Waals surface area contributed by atoms with Crippen LogP contribution in [0, 0.1) is 0 Å². The molecular formula is C69H106O6. The second-order valence-corrected chi connectivity index (χ2v) is 18.8. The van der Waals surface area contributed by atoms with Crippen molar-refractivity contribution in [3.63, 3.8) is 0 Å². The Labute approximate surface area is 460 Å². The van der Waals surface area contributed by atoms with Gasteiger partial charge in [-0.3, -0.25) is 14.4 Å². The first-order valence-corrected chi connectivity index (χ1v) is 29.6. The minimum absolute atomic E-state index is 0.123. The van der Waals surface area contributed by atoms with E-state index in [1.165, 1.54) is 19.3 Å². The molecule has 0 N–H and O–H groups in total. The molecule has 1 unspecified atom stereocenters. The van der Waals surface area contributed by atoms with Crippen LogP contribution in [0.15, 0.2) is 170 Å². The van der Waals surface area contributed by atoms with Gasteiger partial charge < -0.3 is 14.2 Å². The Morgan fingerprint density at radius 3 is 0.827 bits per heavy atom. The van der Waals surface area contributed by atoms with Crippen LogP contribution < -0.4 is 0 Å². The molecule has 0 aliphatic heterocycles. The molecule has 0 amide bonds. The predicted octanol–water partition coefficient (Wildman–Crippen LogP) is 20.3. The van der Waals surface area contributed by atoms with E-state index in [2.05, 4.69) is 179 Å². The van der Waals surface area contributed by atoms with Gasteiger partial charge in [-0.15, -0.1) is 0 Å². The highest BCUT2D eigenvalue weighted by Gasteiger charge is 2.19. The zero-order chi connectivity index (χ0) is 54.3. The quantitative estimate of drug-likeness (QED) is 0.0261. The van der Waals surface area contributed by atoms with Crippen LogP contribution in [-0.2, 0) is 28.6 Å². The van der Waals surface area contributed by atoms with Crippen molar-refractivity contribution < 1.29 is 28.6 Å². The van der Waals surface area contributed by atoms with Crippen molar-refractivity contribution in [1.29, 1.82) is 0 Å². The van der Waals surface area contributed by atoms with E-state index in [0.29, 0.717) is 12.8 Å². The van der Waals surface area contributed by atoms with Gasteiger partial charge in [0.25, 0.3) is 0 Å². The molecule has 75 heavy (non-hydrogen) atoms. The lowest BCUT2D eigenvalue weighted by Crippen LogP contribution is -2.30. The number of carbonyl (C=O) groups is 3. The average molecular weight is 1030 g/mol. The van der Waals surface area contributed by atoms with E-state index in [4.69, 9.17) is 14.2 Å². The first-order valence-electron chi connectivity index (χ1n) is 29.6. The third-order valence-electron chi connectivity index (χ3n) is 11.7. The van der Waals surface area contributed by atoms with E-state index in [1.54, 1.807) is 0 Å². The van der Waals surface area contributed by atoms with Gasteiger partial charge in [0.15, 0.2) is 6.10 Å². The lowest BCUT2D eigenvalue weighted by molar-refractivity contribution is -0.166. The fourth-order valence-corrected chi connectivity index (χ4v) is 7.39. The Morgan fingerprint density at radius 1 is 0.267 bits per heavy atom. The third-order valence-corrected chi connectivity index (χ3v) is 11.7. The van der Waals surface area contributed by atoms with Crippen LogP contribution in [0.5, 0.6) is 0 Å². The van der Waals surface area contributed by atoms with E-state index in [0.717, 1.165) is 161 Å². The van der Waals surface area contributed by atoms with Gasteiger partial charge in [0.05, 0.1) is 0 Å². The molecule has 0 spiro atoms. The maximum Gasteiger partial charge on any atom is 0.306 e. The second-order valence-electron chi connectivity index (χ2n) is 18.8. The molecule has 0 fully saturated rings. The average Bonchev–Trinajstić information content (AvgIpc) is 3.41. The van der Waals surface area contributed by atoms with Gasteiger partial charge in [0, 0.05) is 19.3 Å². The zero-order valence-electron chi connectivity index (χ0n) is 47.7. The van der Waals surface area contributed by atoms with Crippen LogP contribution in [0.4, 0.5) is 0 Å². The van der Waals surface area contributed by atoms with Crippen molar-refractivity contribution in [3.8, 4) is 0 Å². The van der Waals surface area contributed by atoms with Gasteiger partial charge in [-0.25, -0.2) is 0 Å². The summed E-state index contributed by atoms with van der Waals surface area (Å²) in [4.78, 5) is 38.2. The maximum absolute atomic E-state index is 12.9. The number of carbonyl (C=O) groups excluding carboxylic acids is 3. The number of rotatable bonds is 51. The maximum atomic E-state index is 12.9. The molecule has 0 aromatic carbocycles. The first-order chi connectivity index (χ1) is 37.0. The van der Waals surface area contributed by atoms with Gasteiger partial charge in [0.2, 0.25) is 0 Å². The highest BCUT2D eigenvalue weighted by atomic mass is 16.6. The largest absolute Gasteiger partial charge is 0.462 e. The van der Waals surface area contributed by atoms with Crippen molar-refractivity contribution in [1.82, 2.24) is 0 Å². The summed E-state index contributed by atoms with van der Waals surface area (Å²) in [5, 5.41) is 0. The number of ether oxygens (including phenoxy) is 3. The van der Waals surface area contributed by atoms with E-state index in [1.807, 2.05) is 12.2 Å². The summed E-state index contributed by atoms with van der Waals surface area (Å²) >= 11 is 0. The Balaban J connectivity index is 4.47. The molecule has 0 aliphatic carbocycles. The van der Waals surface area contributed by atoms with Gasteiger partial charge >= 0.3 is 17.9 Å². The molecule has 0 radical (unpaired) electrons. The standard InChI is InChI=1S/C69H106O6/c1-4-7-10-13-16-19-22-25-27-29-30-31-32-33-34-35-36-37-38-40-41-44-47-50-53-56-59-62-68(71)74-65-66(64-73-67(70)61-58-55-52-49-46-43-24-21-18-15-12-9-6-3)75-69(72)63-60-57-54-51-48-45-42-39-28-26-23-20-17-14-11-8-5-2/h7-12,16-21,25-28,30-31,33-34,36-37,40-41,43,46,52,55,66H,4-6,13-15,22-24,29,32,35,38-39,42,44-45,47-51,53-54,56-65H2,1-3H3/b10-7-,11-8-,12-9-,19-16-,20-17-,21-18-,27-25-,28-26-,31-30-,34-33-,37-36-,41-40-,46-43-,55-52-. The van der Waals surface area contributed by atoms with Crippen molar-refractivity contribution in [2.45, 2.75) is 232 Å². The molecule has 0 heterocycles. The molecule has 1 atom stereocenters. The van der Waals surface area contributed by atoms with Gasteiger partial charge in [-0.2, -0.15) is 0 Å². The highest BCUT2D eigenvalue weighted by Crippen LogP contribution is 2.13.